The number of hydrogen-bond donors (Lipinski definition) is 1. The summed E-state index contributed by atoms with van der Waals surface area (Å²) >= 11 is 0. The van der Waals surface area contributed by atoms with Crippen molar-refractivity contribution in [3.63, 3.8) is 0 Å². The number of nitrogens with zero attached hydrogens (tertiary/aromatic N) is 2. The van der Waals surface area contributed by atoms with Crippen LogP contribution in [-0.2, 0) is 24.8 Å². The Kier molecular flexibility index (Phi) is 10.2. The largest absolute Gasteiger partial charge is 0.490 e. The summed E-state index contributed by atoms with van der Waals surface area (Å²) in [6, 6.07) is 21.3. The van der Waals surface area contributed by atoms with E-state index >= 15 is 0 Å². The lowest BCUT2D eigenvalue weighted by molar-refractivity contribution is -0.129. The Morgan fingerprint density at radius 1 is 1.02 bits per heavy atom. The van der Waals surface area contributed by atoms with Crippen LogP contribution < -0.4 is 14.8 Å². The minimum atomic E-state index is -3.58. The van der Waals surface area contributed by atoms with E-state index < -0.39 is 32.4 Å². The Labute approximate surface area is 273 Å². The highest BCUT2D eigenvalue weighted by Crippen LogP contribution is 2.47. The third-order valence-corrected chi connectivity index (χ3v) is 11.0. The summed E-state index contributed by atoms with van der Waals surface area (Å²) in [5.41, 5.74) is -0.0938. The van der Waals surface area contributed by atoms with Crippen molar-refractivity contribution >= 4 is 21.8 Å². The van der Waals surface area contributed by atoms with Crippen molar-refractivity contribution in [2.45, 2.75) is 40.9 Å². The van der Waals surface area contributed by atoms with Gasteiger partial charge in [0.1, 0.15) is 41.2 Å². The maximum atomic E-state index is 14.5. The first kappa shape index (κ1) is 33.5. The average molecular weight is 662 g/mol. The van der Waals surface area contributed by atoms with Crippen LogP contribution in [0.5, 0.6) is 11.5 Å². The molecule has 246 valence electrons. The number of nitriles is 1. The third-order valence-electron chi connectivity index (χ3n) is 8.87. The van der Waals surface area contributed by atoms with Gasteiger partial charge < -0.3 is 24.4 Å². The van der Waals surface area contributed by atoms with Gasteiger partial charge in [0, 0.05) is 25.0 Å². The maximum Gasteiger partial charge on any atom is 0.407 e. The molecule has 0 unspecified atom stereocenters. The van der Waals surface area contributed by atoms with E-state index in [2.05, 4.69) is 18.0 Å². The van der Waals surface area contributed by atoms with E-state index in [0.29, 0.717) is 35.5 Å². The van der Waals surface area contributed by atoms with Gasteiger partial charge in [-0.2, -0.15) is 5.26 Å². The van der Waals surface area contributed by atoms with Crippen LogP contribution in [0, 0.1) is 23.1 Å². The predicted octanol–water partition coefficient (Wildman–Crippen LogP) is 4.79. The van der Waals surface area contributed by atoms with Gasteiger partial charge in [-0.25, -0.2) is 17.6 Å². The molecule has 0 bridgehead atoms. The Morgan fingerprint density at radius 2 is 1.66 bits per heavy atom. The highest BCUT2D eigenvalue weighted by molar-refractivity contribution is 7.92. The number of amides is 2. The molecule has 1 N–H and O–H groups in total. The summed E-state index contributed by atoms with van der Waals surface area (Å²) < 4.78 is 56.6. The van der Waals surface area contributed by atoms with Gasteiger partial charge in [0.25, 0.3) is 0 Å². The molecule has 47 heavy (non-hydrogen) atoms. The smallest absolute Gasteiger partial charge is 0.407 e. The molecular weight excluding hydrogens is 625 g/mol. The summed E-state index contributed by atoms with van der Waals surface area (Å²) in [6.07, 6.45) is 2.69. The molecule has 1 saturated carbocycles. The van der Waals surface area contributed by atoms with Crippen molar-refractivity contribution in [3.05, 3.63) is 102 Å². The van der Waals surface area contributed by atoms with Crippen molar-refractivity contribution in [2.24, 2.45) is 5.92 Å². The van der Waals surface area contributed by atoms with E-state index in [1.165, 1.54) is 42.4 Å². The quantitative estimate of drug-likeness (QED) is 0.216. The molecule has 2 fully saturated rings. The summed E-state index contributed by atoms with van der Waals surface area (Å²) in [5, 5.41) is 12.9. The fourth-order valence-corrected chi connectivity index (χ4v) is 8.05. The van der Waals surface area contributed by atoms with Gasteiger partial charge in [-0.3, -0.25) is 4.79 Å². The number of ether oxygens (including phenoxy) is 3. The molecule has 2 amide bonds. The van der Waals surface area contributed by atoms with Crippen LogP contribution in [0.3, 0.4) is 0 Å². The molecule has 1 heterocycles. The Bertz CT molecular complexity index is 1750. The molecule has 1 aliphatic carbocycles. The molecule has 1 aliphatic heterocycles. The number of methoxy groups -OCH3 is 1. The molecule has 3 atom stereocenters. The highest BCUT2D eigenvalue weighted by atomic mass is 32.2. The van der Waals surface area contributed by atoms with Gasteiger partial charge >= 0.3 is 6.09 Å². The normalized spacial score (nSPS) is 19.0. The van der Waals surface area contributed by atoms with Crippen LogP contribution in [0.15, 0.2) is 90.3 Å². The fraction of sp³-hybridized carbons (Fsp3) is 0.343. The molecule has 5 rings (SSSR count). The van der Waals surface area contributed by atoms with Crippen LogP contribution in [0.4, 0.5) is 9.18 Å². The van der Waals surface area contributed by atoms with E-state index in [4.69, 9.17) is 14.2 Å². The SMILES string of the molecule is C=CC(=O)N1CC(S(=O)(=O)c2ccc(OCCOc3ccc([C@@](C#N)(c4cccc(F)c4)[C@H]4CCC[C@@H]4NC(=O)OC)cc3)cc2)C1. The number of rotatable bonds is 12. The van der Waals surface area contributed by atoms with E-state index in [9.17, 15) is 27.7 Å². The highest BCUT2D eigenvalue weighted by Gasteiger charge is 2.49. The number of carbonyl (C=O) groups excluding carboxylic acids is 2. The minimum absolute atomic E-state index is 0.139. The van der Waals surface area contributed by atoms with Gasteiger partial charge in [0.2, 0.25) is 5.91 Å². The number of nitrogens with one attached hydrogen (secondary N) is 1. The lowest BCUT2D eigenvalue weighted by atomic mass is 9.65. The number of benzene rings is 3. The maximum absolute atomic E-state index is 14.5. The first-order valence-electron chi connectivity index (χ1n) is 15.3. The van der Waals surface area contributed by atoms with E-state index in [-0.39, 0.29) is 49.1 Å². The predicted molar refractivity (Wildman–Crippen MR) is 171 cm³/mol. The molecule has 1 saturated heterocycles. The zero-order valence-corrected chi connectivity index (χ0v) is 26.7. The van der Waals surface area contributed by atoms with Crippen LogP contribution in [0.1, 0.15) is 30.4 Å². The number of sulfone groups is 1. The Hall–Kier alpha value is -4.89. The monoisotopic (exact) mass is 661 g/mol. The molecule has 3 aromatic rings. The molecule has 12 heteroatoms. The van der Waals surface area contributed by atoms with Crippen molar-refractivity contribution in [2.75, 3.05) is 33.4 Å². The van der Waals surface area contributed by atoms with Crippen molar-refractivity contribution in [1.29, 1.82) is 5.26 Å². The molecule has 0 radical (unpaired) electrons. The zero-order chi connectivity index (χ0) is 33.6. The second-order valence-corrected chi connectivity index (χ2v) is 13.7. The van der Waals surface area contributed by atoms with Gasteiger partial charge in [-0.15, -0.1) is 0 Å². The number of halogens is 1. The Balaban J connectivity index is 1.22. The third kappa shape index (κ3) is 6.95. The summed E-state index contributed by atoms with van der Waals surface area (Å²) in [5.74, 6) is -0.0735. The molecular formula is C35H36FN3O7S. The number of likely N-dealkylation sites (tertiary alicyclic amines) is 1. The fourth-order valence-electron chi connectivity index (χ4n) is 6.40. The van der Waals surface area contributed by atoms with E-state index in [0.717, 1.165) is 6.42 Å². The van der Waals surface area contributed by atoms with Crippen LogP contribution in [0.25, 0.3) is 0 Å². The van der Waals surface area contributed by atoms with Gasteiger partial charge in [-0.1, -0.05) is 37.3 Å². The molecule has 2 aliphatic rings. The lowest BCUT2D eigenvalue weighted by Crippen LogP contribution is -2.56. The van der Waals surface area contributed by atoms with Crippen LogP contribution >= 0.6 is 0 Å². The first-order chi connectivity index (χ1) is 22.6. The van der Waals surface area contributed by atoms with Crippen molar-refractivity contribution < 1.29 is 36.6 Å². The van der Waals surface area contributed by atoms with Crippen molar-refractivity contribution in [1.82, 2.24) is 10.2 Å². The lowest BCUT2D eigenvalue weighted by Gasteiger charge is -2.37. The summed E-state index contributed by atoms with van der Waals surface area (Å²) in [7, 11) is -2.29. The second-order valence-electron chi connectivity index (χ2n) is 11.5. The molecule has 10 nitrogen and oxygen atoms in total. The van der Waals surface area contributed by atoms with Gasteiger partial charge in [0.05, 0.1) is 18.1 Å². The summed E-state index contributed by atoms with van der Waals surface area (Å²) in [6.45, 7) is 4.07. The number of hydrogen-bond acceptors (Lipinski definition) is 8. The average Bonchev–Trinajstić information content (AvgIpc) is 3.51. The Morgan fingerprint density at radius 3 is 2.23 bits per heavy atom. The van der Waals surface area contributed by atoms with Crippen LogP contribution in [0.2, 0.25) is 0 Å². The van der Waals surface area contributed by atoms with E-state index in [1.54, 1.807) is 48.5 Å². The standard InChI is InChI=1S/C35H36FN3O7S/c1-3-33(40)39-21-30(22-39)47(42,43)29-16-14-28(15-17-29)46-19-18-45-27-12-10-24(11-13-27)35(23-37,25-6-4-7-26(36)20-25)31-8-5-9-32(31)38-34(41)44-2/h3-4,6-7,10-17,20,30-32H,1,5,8-9,18-19,21-22H2,2H3,(H,38,41)/t31-,32-,35-/m0/s1. The number of alkyl carbamates (subject to hydrolysis) is 1. The van der Waals surface area contributed by atoms with Gasteiger partial charge in [-0.05, 0) is 78.6 Å². The van der Waals surface area contributed by atoms with E-state index in [1.807, 2.05) is 0 Å². The minimum Gasteiger partial charge on any atom is -0.490 e. The molecule has 0 spiro atoms. The number of carbonyl (C=O) groups is 2. The topological polar surface area (TPSA) is 135 Å². The summed E-state index contributed by atoms with van der Waals surface area (Å²) in [4.78, 5) is 25.3. The van der Waals surface area contributed by atoms with Crippen LogP contribution in [-0.4, -0.2) is 70.0 Å². The first-order valence-corrected chi connectivity index (χ1v) is 16.8. The second kappa shape index (κ2) is 14.3. The van der Waals surface area contributed by atoms with Crippen molar-refractivity contribution in [3.8, 4) is 17.6 Å². The zero-order valence-electron chi connectivity index (χ0n) is 25.9. The molecule has 0 aromatic heterocycles. The molecule has 3 aromatic carbocycles. The van der Waals surface area contributed by atoms with Gasteiger partial charge in [0.15, 0.2) is 9.84 Å².